The van der Waals surface area contributed by atoms with E-state index in [4.69, 9.17) is 5.11 Å². The highest BCUT2D eigenvalue weighted by Gasteiger charge is 2.41. The average Bonchev–Trinajstić information content (AvgIpc) is 2.45. The van der Waals surface area contributed by atoms with Gasteiger partial charge in [-0.2, -0.15) is 0 Å². The van der Waals surface area contributed by atoms with Gasteiger partial charge in [0.25, 0.3) is 0 Å². The lowest BCUT2D eigenvalue weighted by Crippen LogP contribution is -2.30. The van der Waals surface area contributed by atoms with E-state index < -0.39 is 0 Å². The van der Waals surface area contributed by atoms with Gasteiger partial charge in [0, 0.05) is 6.04 Å². The van der Waals surface area contributed by atoms with Crippen molar-refractivity contribution < 1.29 is 5.11 Å². The zero-order chi connectivity index (χ0) is 7.84. The van der Waals surface area contributed by atoms with Crippen molar-refractivity contribution in [3.05, 3.63) is 0 Å². The number of nitrogens with one attached hydrogen (secondary N) is 1. The number of hydrogen-bond donors (Lipinski definition) is 2. The van der Waals surface area contributed by atoms with E-state index in [9.17, 15) is 0 Å². The second kappa shape index (κ2) is 3.95. The molecule has 0 amide bonds. The second-order valence-electron chi connectivity index (χ2n) is 4.20. The molecular formula is C9H18ClNO. The topological polar surface area (TPSA) is 32.3 Å². The Labute approximate surface area is 80.1 Å². The minimum atomic E-state index is 0. The molecule has 0 radical (unpaired) electrons. The number of aliphatic hydroxyl groups excluding tert-OH is 1. The first-order valence-electron chi connectivity index (χ1n) is 4.65. The summed E-state index contributed by atoms with van der Waals surface area (Å²) in [6.07, 6.45) is 2.69. The first-order chi connectivity index (χ1) is 5.31. The minimum absolute atomic E-state index is 0. The third kappa shape index (κ3) is 1.61. The Morgan fingerprint density at radius 2 is 2.17 bits per heavy atom. The molecule has 0 bridgehead atoms. The predicted molar refractivity (Wildman–Crippen MR) is 51.5 cm³/mol. The summed E-state index contributed by atoms with van der Waals surface area (Å²) in [6.45, 7) is 3.79. The van der Waals surface area contributed by atoms with Crippen molar-refractivity contribution in [2.24, 2.45) is 17.8 Å². The summed E-state index contributed by atoms with van der Waals surface area (Å²) in [4.78, 5) is 0. The highest BCUT2D eigenvalue weighted by atomic mass is 35.5. The van der Waals surface area contributed by atoms with E-state index in [0.717, 1.165) is 24.3 Å². The van der Waals surface area contributed by atoms with Crippen LogP contribution in [0.2, 0.25) is 0 Å². The molecule has 1 aliphatic heterocycles. The average molecular weight is 192 g/mol. The molecule has 2 unspecified atom stereocenters. The molecular weight excluding hydrogens is 174 g/mol. The lowest BCUT2D eigenvalue weighted by Gasteiger charge is -2.15. The van der Waals surface area contributed by atoms with E-state index in [0.29, 0.717) is 12.6 Å². The van der Waals surface area contributed by atoms with Crippen LogP contribution in [-0.4, -0.2) is 24.3 Å². The SMILES string of the molecule is CC1CC2CN[C@H](CO)[C@H]2C1.Cl. The van der Waals surface area contributed by atoms with Crippen LogP contribution in [0.1, 0.15) is 19.8 Å². The van der Waals surface area contributed by atoms with Gasteiger partial charge in [-0.15, -0.1) is 12.4 Å². The molecule has 1 saturated heterocycles. The van der Waals surface area contributed by atoms with Crippen LogP contribution in [0.5, 0.6) is 0 Å². The van der Waals surface area contributed by atoms with Crippen LogP contribution in [0.25, 0.3) is 0 Å². The molecule has 1 heterocycles. The van der Waals surface area contributed by atoms with Gasteiger partial charge in [0.15, 0.2) is 0 Å². The Balaban J connectivity index is 0.000000720. The molecule has 2 N–H and O–H groups in total. The Kier molecular flexibility index (Phi) is 3.38. The molecule has 0 aromatic rings. The van der Waals surface area contributed by atoms with Gasteiger partial charge in [-0.25, -0.2) is 0 Å². The van der Waals surface area contributed by atoms with E-state index in [1.165, 1.54) is 12.8 Å². The van der Waals surface area contributed by atoms with Crippen molar-refractivity contribution in [3.63, 3.8) is 0 Å². The molecule has 1 aliphatic carbocycles. The van der Waals surface area contributed by atoms with Crippen LogP contribution >= 0.6 is 12.4 Å². The van der Waals surface area contributed by atoms with Gasteiger partial charge >= 0.3 is 0 Å². The summed E-state index contributed by atoms with van der Waals surface area (Å²) < 4.78 is 0. The summed E-state index contributed by atoms with van der Waals surface area (Å²) in [6, 6.07) is 0.407. The first-order valence-corrected chi connectivity index (χ1v) is 4.65. The van der Waals surface area contributed by atoms with Gasteiger partial charge in [-0.1, -0.05) is 6.92 Å². The maximum Gasteiger partial charge on any atom is 0.0587 e. The molecule has 3 heteroatoms. The van der Waals surface area contributed by atoms with Gasteiger partial charge in [0.05, 0.1) is 6.61 Å². The van der Waals surface area contributed by atoms with Crippen molar-refractivity contribution in [3.8, 4) is 0 Å². The molecule has 0 aromatic carbocycles. The van der Waals surface area contributed by atoms with Crippen LogP contribution < -0.4 is 5.32 Å². The summed E-state index contributed by atoms with van der Waals surface area (Å²) in [5.74, 6) is 2.53. The Hall–Kier alpha value is 0.210. The molecule has 2 rings (SSSR count). The van der Waals surface area contributed by atoms with Crippen LogP contribution in [0, 0.1) is 17.8 Å². The quantitative estimate of drug-likeness (QED) is 0.649. The summed E-state index contributed by atoms with van der Waals surface area (Å²) >= 11 is 0. The molecule has 0 aromatic heterocycles. The molecule has 72 valence electrons. The summed E-state index contributed by atoms with van der Waals surface area (Å²) in [5, 5.41) is 12.4. The van der Waals surface area contributed by atoms with Crippen molar-refractivity contribution in [2.45, 2.75) is 25.8 Å². The van der Waals surface area contributed by atoms with Crippen LogP contribution in [-0.2, 0) is 0 Å². The minimum Gasteiger partial charge on any atom is -0.395 e. The van der Waals surface area contributed by atoms with E-state index >= 15 is 0 Å². The predicted octanol–water partition coefficient (Wildman–Crippen LogP) is 1.03. The van der Waals surface area contributed by atoms with E-state index in [1.807, 2.05) is 0 Å². The number of rotatable bonds is 1. The molecule has 2 aliphatic rings. The Morgan fingerprint density at radius 3 is 2.83 bits per heavy atom. The lowest BCUT2D eigenvalue weighted by atomic mass is 9.94. The standard InChI is InChI=1S/C9H17NO.ClH/c1-6-2-7-4-10-9(5-11)8(7)3-6;/h6-11H,2-5H2,1H3;1H/t6?,7?,8-,9+;/m0./s1. The fourth-order valence-corrected chi connectivity index (χ4v) is 2.83. The fourth-order valence-electron chi connectivity index (χ4n) is 2.83. The maximum atomic E-state index is 9.04. The first kappa shape index (κ1) is 10.3. The van der Waals surface area contributed by atoms with Crippen LogP contribution in [0.15, 0.2) is 0 Å². The van der Waals surface area contributed by atoms with Crippen LogP contribution in [0.3, 0.4) is 0 Å². The molecule has 2 fully saturated rings. The third-order valence-electron chi connectivity index (χ3n) is 3.34. The van der Waals surface area contributed by atoms with Gasteiger partial charge in [0.2, 0.25) is 0 Å². The molecule has 4 atom stereocenters. The van der Waals surface area contributed by atoms with Gasteiger partial charge in [-0.3, -0.25) is 0 Å². The summed E-state index contributed by atoms with van der Waals surface area (Å²) in [5.41, 5.74) is 0. The molecule has 0 spiro atoms. The normalized spacial score (nSPS) is 45.5. The van der Waals surface area contributed by atoms with Crippen LogP contribution in [0.4, 0.5) is 0 Å². The lowest BCUT2D eigenvalue weighted by molar-refractivity contribution is 0.220. The van der Waals surface area contributed by atoms with Gasteiger partial charge in [-0.05, 0) is 37.1 Å². The third-order valence-corrected chi connectivity index (χ3v) is 3.34. The van der Waals surface area contributed by atoms with Gasteiger partial charge in [0.1, 0.15) is 0 Å². The number of fused-ring (bicyclic) bond motifs is 1. The number of hydrogen-bond acceptors (Lipinski definition) is 2. The zero-order valence-electron chi connectivity index (χ0n) is 7.49. The van der Waals surface area contributed by atoms with E-state index in [-0.39, 0.29) is 12.4 Å². The highest BCUT2D eigenvalue weighted by Crippen LogP contribution is 2.40. The number of aliphatic hydroxyl groups is 1. The van der Waals surface area contributed by atoms with Crippen molar-refractivity contribution in [1.82, 2.24) is 5.32 Å². The zero-order valence-corrected chi connectivity index (χ0v) is 8.31. The van der Waals surface area contributed by atoms with Crippen molar-refractivity contribution in [2.75, 3.05) is 13.2 Å². The van der Waals surface area contributed by atoms with E-state index in [2.05, 4.69) is 12.2 Å². The monoisotopic (exact) mass is 191 g/mol. The van der Waals surface area contributed by atoms with Crippen molar-refractivity contribution >= 4 is 12.4 Å². The second-order valence-corrected chi connectivity index (χ2v) is 4.20. The maximum absolute atomic E-state index is 9.04. The van der Waals surface area contributed by atoms with Crippen molar-refractivity contribution in [1.29, 1.82) is 0 Å². The smallest absolute Gasteiger partial charge is 0.0587 e. The number of halogens is 1. The Bertz CT molecular complexity index is 151. The summed E-state index contributed by atoms with van der Waals surface area (Å²) in [7, 11) is 0. The Morgan fingerprint density at radius 1 is 1.42 bits per heavy atom. The highest BCUT2D eigenvalue weighted by molar-refractivity contribution is 5.85. The fraction of sp³-hybridized carbons (Fsp3) is 1.00. The van der Waals surface area contributed by atoms with Gasteiger partial charge < -0.3 is 10.4 Å². The molecule has 12 heavy (non-hydrogen) atoms. The molecule has 2 nitrogen and oxygen atoms in total. The molecule has 1 saturated carbocycles. The largest absolute Gasteiger partial charge is 0.395 e. The van der Waals surface area contributed by atoms with E-state index in [1.54, 1.807) is 0 Å².